The quantitative estimate of drug-likeness (QED) is 0.738. The minimum Gasteiger partial charge on any atom is -0.297 e. The first kappa shape index (κ1) is 11.8. The van der Waals surface area contributed by atoms with Crippen molar-refractivity contribution in [3.05, 3.63) is 20.8 Å². The van der Waals surface area contributed by atoms with Gasteiger partial charge in [-0.15, -0.1) is 5.10 Å². The van der Waals surface area contributed by atoms with E-state index in [0.717, 1.165) is 35.2 Å². The van der Waals surface area contributed by atoms with E-state index in [1.54, 1.807) is 0 Å². The Balaban J connectivity index is 2.27. The highest BCUT2D eigenvalue weighted by molar-refractivity contribution is 5.27. The zero-order chi connectivity index (χ0) is 12.4. The Morgan fingerprint density at radius 2 is 1.76 bits per heavy atom. The molecule has 0 aliphatic carbocycles. The van der Waals surface area contributed by atoms with Crippen molar-refractivity contribution in [3.8, 4) is 0 Å². The largest absolute Gasteiger partial charge is 0.346 e. The molecule has 0 aromatic carbocycles. The van der Waals surface area contributed by atoms with Gasteiger partial charge >= 0.3 is 5.69 Å². The van der Waals surface area contributed by atoms with Crippen molar-refractivity contribution < 1.29 is 0 Å². The third-order valence-electron chi connectivity index (χ3n) is 2.94. The average Bonchev–Trinajstić information content (AvgIpc) is 2.35. The van der Waals surface area contributed by atoms with E-state index in [2.05, 4.69) is 10.5 Å². The fourth-order valence-corrected chi connectivity index (χ4v) is 1.92. The Morgan fingerprint density at radius 3 is 2.41 bits per heavy atom. The number of hydrazine groups is 1. The van der Waals surface area contributed by atoms with Crippen LogP contribution in [0.15, 0.2) is 9.59 Å². The predicted octanol–water partition coefficient (Wildman–Crippen LogP) is -0.708. The summed E-state index contributed by atoms with van der Waals surface area (Å²) >= 11 is 0. The van der Waals surface area contributed by atoms with Crippen LogP contribution < -0.4 is 16.7 Å². The molecule has 0 spiro atoms. The van der Waals surface area contributed by atoms with Crippen LogP contribution in [0.2, 0.25) is 0 Å². The van der Waals surface area contributed by atoms with Crippen molar-refractivity contribution in [3.63, 3.8) is 0 Å². The zero-order valence-corrected chi connectivity index (χ0v) is 10.1. The molecule has 1 aromatic rings. The lowest BCUT2D eigenvalue weighted by Crippen LogP contribution is -2.43. The van der Waals surface area contributed by atoms with Crippen molar-refractivity contribution >= 4 is 5.82 Å². The minimum absolute atomic E-state index is 0.205. The van der Waals surface area contributed by atoms with Crippen molar-refractivity contribution in [2.75, 3.05) is 18.5 Å². The standard InChI is InChI=1S/C10H17N5O2/c1-13-9(16)8(11-14(2)10(13)17)12-15-6-4-3-5-7-15/h3-7H2,1-2H3,(H,11,12). The lowest BCUT2D eigenvalue weighted by atomic mass is 10.2. The Kier molecular flexibility index (Phi) is 3.28. The molecule has 0 radical (unpaired) electrons. The van der Waals surface area contributed by atoms with Gasteiger partial charge in [0.15, 0.2) is 0 Å². The van der Waals surface area contributed by atoms with E-state index in [1.807, 2.05) is 5.01 Å². The Labute approximate surface area is 98.6 Å². The molecule has 0 unspecified atom stereocenters. The summed E-state index contributed by atoms with van der Waals surface area (Å²) in [5.41, 5.74) is 2.18. The summed E-state index contributed by atoms with van der Waals surface area (Å²) in [7, 11) is 2.98. The number of piperidine rings is 1. The van der Waals surface area contributed by atoms with Gasteiger partial charge in [-0.2, -0.15) is 0 Å². The Hall–Kier alpha value is -1.63. The number of nitrogens with zero attached hydrogens (tertiary/aromatic N) is 4. The molecule has 2 rings (SSSR count). The molecule has 0 atom stereocenters. The molecular formula is C10H17N5O2. The first-order valence-electron chi connectivity index (χ1n) is 5.75. The van der Waals surface area contributed by atoms with Crippen LogP contribution in [-0.2, 0) is 14.1 Å². The van der Waals surface area contributed by atoms with Gasteiger partial charge in [-0.25, -0.2) is 14.5 Å². The normalized spacial score (nSPS) is 17.1. The summed E-state index contributed by atoms with van der Waals surface area (Å²) in [6, 6.07) is 0. The highest BCUT2D eigenvalue weighted by Gasteiger charge is 2.14. The van der Waals surface area contributed by atoms with Crippen molar-refractivity contribution in [1.29, 1.82) is 0 Å². The first-order valence-corrected chi connectivity index (χ1v) is 5.75. The van der Waals surface area contributed by atoms with Gasteiger partial charge in [-0.05, 0) is 12.8 Å². The van der Waals surface area contributed by atoms with Gasteiger partial charge in [0.05, 0.1) is 0 Å². The molecule has 7 heteroatoms. The fourth-order valence-electron chi connectivity index (χ4n) is 1.92. The Bertz CT molecular complexity index is 512. The number of anilines is 1. The molecule has 0 bridgehead atoms. The lowest BCUT2D eigenvalue weighted by molar-refractivity contribution is 0.270. The van der Waals surface area contributed by atoms with Gasteiger partial charge < -0.3 is 0 Å². The summed E-state index contributed by atoms with van der Waals surface area (Å²) < 4.78 is 2.22. The zero-order valence-electron chi connectivity index (χ0n) is 10.1. The monoisotopic (exact) mass is 239 g/mol. The predicted molar refractivity (Wildman–Crippen MR) is 63.8 cm³/mol. The summed E-state index contributed by atoms with van der Waals surface area (Å²) in [5, 5.41) is 5.92. The lowest BCUT2D eigenvalue weighted by Gasteiger charge is -2.26. The van der Waals surface area contributed by atoms with Crippen LogP contribution in [0.4, 0.5) is 5.82 Å². The second-order valence-corrected chi connectivity index (χ2v) is 4.28. The molecule has 1 aliphatic heterocycles. The van der Waals surface area contributed by atoms with Crippen LogP contribution in [0.3, 0.4) is 0 Å². The van der Waals surface area contributed by atoms with Crippen LogP contribution in [0.1, 0.15) is 19.3 Å². The highest BCUT2D eigenvalue weighted by Crippen LogP contribution is 2.08. The fraction of sp³-hybridized carbons (Fsp3) is 0.700. The van der Waals surface area contributed by atoms with Crippen molar-refractivity contribution in [2.45, 2.75) is 19.3 Å². The molecule has 17 heavy (non-hydrogen) atoms. The highest BCUT2D eigenvalue weighted by atomic mass is 16.2. The van der Waals surface area contributed by atoms with E-state index < -0.39 is 11.2 Å². The molecule has 1 aromatic heterocycles. The third kappa shape index (κ3) is 2.38. The van der Waals surface area contributed by atoms with Gasteiger partial charge in [-0.3, -0.25) is 14.8 Å². The van der Waals surface area contributed by atoms with E-state index in [-0.39, 0.29) is 5.82 Å². The number of aryl methyl sites for hydroxylation is 1. The van der Waals surface area contributed by atoms with Crippen LogP contribution in [0, 0.1) is 0 Å². The maximum atomic E-state index is 11.8. The van der Waals surface area contributed by atoms with Crippen molar-refractivity contribution in [2.24, 2.45) is 14.1 Å². The molecule has 1 N–H and O–H groups in total. The second kappa shape index (κ2) is 4.70. The van der Waals surface area contributed by atoms with Gasteiger partial charge in [0.1, 0.15) is 0 Å². The van der Waals surface area contributed by atoms with E-state index in [1.165, 1.54) is 20.5 Å². The van der Waals surface area contributed by atoms with Crippen LogP contribution in [0.25, 0.3) is 0 Å². The maximum Gasteiger partial charge on any atom is 0.346 e. The van der Waals surface area contributed by atoms with Gasteiger partial charge in [0.2, 0.25) is 5.82 Å². The van der Waals surface area contributed by atoms with E-state index in [9.17, 15) is 9.59 Å². The molecule has 7 nitrogen and oxygen atoms in total. The van der Waals surface area contributed by atoms with Crippen molar-refractivity contribution in [1.82, 2.24) is 19.4 Å². The SMILES string of the molecule is Cn1nc(NN2CCCCC2)c(=O)n(C)c1=O. The second-order valence-electron chi connectivity index (χ2n) is 4.28. The number of rotatable bonds is 2. The van der Waals surface area contributed by atoms with Gasteiger partial charge in [0, 0.05) is 27.2 Å². The smallest absolute Gasteiger partial charge is 0.297 e. The summed E-state index contributed by atoms with van der Waals surface area (Å²) in [4.78, 5) is 23.3. The van der Waals surface area contributed by atoms with Crippen LogP contribution in [0.5, 0.6) is 0 Å². The van der Waals surface area contributed by atoms with E-state index >= 15 is 0 Å². The van der Waals surface area contributed by atoms with E-state index in [0.29, 0.717) is 0 Å². The molecular weight excluding hydrogens is 222 g/mol. The maximum absolute atomic E-state index is 11.8. The average molecular weight is 239 g/mol. The molecule has 0 saturated carbocycles. The van der Waals surface area contributed by atoms with Crippen LogP contribution in [-0.4, -0.2) is 32.4 Å². The Morgan fingerprint density at radius 1 is 1.12 bits per heavy atom. The number of aromatic nitrogens is 3. The molecule has 2 heterocycles. The summed E-state index contributed by atoms with van der Waals surface area (Å²) in [5.74, 6) is 0.205. The minimum atomic E-state index is -0.417. The molecule has 0 amide bonds. The van der Waals surface area contributed by atoms with Gasteiger partial charge in [0.25, 0.3) is 5.56 Å². The van der Waals surface area contributed by atoms with Gasteiger partial charge in [-0.1, -0.05) is 6.42 Å². The number of nitrogens with one attached hydrogen (secondary N) is 1. The first-order chi connectivity index (χ1) is 8.09. The van der Waals surface area contributed by atoms with Crippen LogP contribution >= 0.6 is 0 Å². The van der Waals surface area contributed by atoms with E-state index in [4.69, 9.17) is 0 Å². The number of hydrogen-bond acceptors (Lipinski definition) is 5. The topological polar surface area (TPSA) is 72.2 Å². The molecule has 1 saturated heterocycles. The molecule has 1 aliphatic rings. The number of hydrogen-bond donors (Lipinski definition) is 1. The third-order valence-corrected chi connectivity index (χ3v) is 2.94. The molecule has 1 fully saturated rings. The summed E-state index contributed by atoms with van der Waals surface area (Å²) in [6.07, 6.45) is 3.44. The molecule has 94 valence electrons. The summed E-state index contributed by atoms with van der Waals surface area (Å²) in [6.45, 7) is 1.79.